The van der Waals surface area contributed by atoms with Gasteiger partial charge in [0, 0.05) is 10.6 Å². The first kappa shape index (κ1) is 10.4. The molecule has 13 heavy (non-hydrogen) atoms. The van der Waals surface area contributed by atoms with Crippen molar-refractivity contribution in [2.75, 3.05) is 12.4 Å². The summed E-state index contributed by atoms with van der Waals surface area (Å²) in [6.45, 7) is 2.17. The van der Waals surface area contributed by atoms with Gasteiger partial charge in [-0.2, -0.15) is 0 Å². The van der Waals surface area contributed by atoms with Gasteiger partial charge < -0.3 is 5.11 Å². The molecular formula is C11H14OS. The Morgan fingerprint density at radius 2 is 2.08 bits per heavy atom. The van der Waals surface area contributed by atoms with Gasteiger partial charge >= 0.3 is 0 Å². The lowest BCUT2D eigenvalue weighted by molar-refractivity contribution is 0.342. The van der Waals surface area contributed by atoms with E-state index >= 15 is 0 Å². The number of hydrogen-bond acceptors (Lipinski definition) is 2. The third kappa shape index (κ3) is 4.15. The Hall–Kier alpha value is -0.730. The molecule has 0 heterocycles. The minimum atomic E-state index is 0.140. The lowest BCUT2D eigenvalue weighted by atomic mass is 10.3. The van der Waals surface area contributed by atoms with Crippen molar-refractivity contribution in [3.8, 4) is 0 Å². The van der Waals surface area contributed by atoms with Crippen LogP contribution in [-0.2, 0) is 0 Å². The van der Waals surface area contributed by atoms with Crippen molar-refractivity contribution in [1.82, 2.24) is 0 Å². The van der Waals surface area contributed by atoms with Crippen LogP contribution in [-0.4, -0.2) is 17.5 Å². The molecule has 0 bridgehead atoms. The second kappa shape index (κ2) is 5.84. The third-order valence-electron chi connectivity index (χ3n) is 1.65. The van der Waals surface area contributed by atoms with Crippen molar-refractivity contribution in [3.63, 3.8) is 0 Å². The molecule has 0 aliphatic rings. The molecule has 0 saturated heterocycles. The van der Waals surface area contributed by atoms with E-state index in [4.69, 9.17) is 5.11 Å². The van der Waals surface area contributed by atoms with Crippen molar-refractivity contribution < 1.29 is 5.11 Å². The predicted molar refractivity (Wildman–Crippen MR) is 58.0 cm³/mol. The molecule has 1 aromatic rings. The van der Waals surface area contributed by atoms with Gasteiger partial charge in [0.2, 0.25) is 0 Å². The quantitative estimate of drug-likeness (QED) is 0.587. The SMILES string of the molecule is C/C(=C/CO)CSc1ccccc1. The Bertz CT molecular complexity index is 267. The maximum absolute atomic E-state index is 8.65. The molecule has 1 N–H and O–H groups in total. The van der Waals surface area contributed by atoms with Crippen LogP contribution in [0.2, 0.25) is 0 Å². The average molecular weight is 194 g/mol. The zero-order valence-electron chi connectivity index (χ0n) is 7.73. The van der Waals surface area contributed by atoms with E-state index in [2.05, 4.69) is 12.1 Å². The highest BCUT2D eigenvalue weighted by molar-refractivity contribution is 7.99. The molecule has 1 rings (SSSR count). The van der Waals surface area contributed by atoms with Gasteiger partial charge in [0.05, 0.1) is 6.61 Å². The molecule has 1 aromatic carbocycles. The molecule has 1 nitrogen and oxygen atoms in total. The van der Waals surface area contributed by atoms with Gasteiger partial charge in [0.1, 0.15) is 0 Å². The Kier molecular flexibility index (Phi) is 4.65. The summed E-state index contributed by atoms with van der Waals surface area (Å²) in [5.41, 5.74) is 1.22. The number of aliphatic hydroxyl groups is 1. The number of hydrogen-bond donors (Lipinski definition) is 1. The van der Waals surface area contributed by atoms with Crippen LogP contribution >= 0.6 is 11.8 Å². The van der Waals surface area contributed by atoms with Crippen molar-refractivity contribution >= 4 is 11.8 Å². The van der Waals surface area contributed by atoms with Crippen LogP contribution in [0.3, 0.4) is 0 Å². The summed E-state index contributed by atoms with van der Waals surface area (Å²) in [5, 5.41) is 8.65. The smallest absolute Gasteiger partial charge is 0.0615 e. The first-order valence-electron chi connectivity index (χ1n) is 4.27. The minimum Gasteiger partial charge on any atom is -0.392 e. The van der Waals surface area contributed by atoms with Gasteiger partial charge in [0.15, 0.2) is 0 Å². The van der Waals surface area contributed by atoms with Crippen LogP contribution < -0.4 is 0 Å². The monoisotopic (exact) mass is 194 g/mol. The first-order chi connectivity index (χ1) is 6.33. The van der Waals surface area contributed by atoms with Crippen LogP contribution in [0.1, 0.15) is 6.92 Å². The molecule has 2 heteroatoms. The fourth-order valence-corrected chi connectivity index (χ4v) is 1.79. The standard InChI is InChI=1S/C11H14OS/c1-10(7-8-12)9-13-11-5-3-2-4-6-11/h2-7,12H,8-9H2,1H3/b10-7-. The second-order valence-electron chi connectivity index (χ2n) is 2.83. The zero-order chi connectivity index (χ0) is 9.52. The molecule has 0 radical (unpaired) electrons. The topological polar surface area (TPSA) is 20.2 Å². The summed E-state index contributed by atoms with van der Waals surface area (Å²) in [4.78, 5) is 1.27. The minimum absolute atomic E-state index is 0.140. The van der Waals surface area contributed by atoms with E-state index in [0.717, 1.165) is 5.75 Å². The third-order valence-corrected chi connectivity index (χ3v) is 2.85. The average Bonchev–Trinajstić information content (AvgIpc) is 2.17. The highest BCUT2D eigenvalue weighted by Crippen LogP contribution is 2.19. The van der Waals surface area contributed by atoms with Crippen LogP contribution in [0.25, 0.3) is 0 Å². The molecule has 70 valence electrons. The van der Waals surface area contributed by atoms with E-state index in [0.29, 0.717) is 0 Å². The van der Waals surface area contributed by atoms with Crippen molar-refractivity contribution in [1.29, 1.82) is 0 Å². The van der Waals surface area contributed by atoms with Gasteiger partial charge in [-0.25, -0.2) is 0 Å². The Balaban J connectivity index is 2.39. The van der Waals surface area contributed by atoms with E-state index in [-0.39, 0.29) is 6.61 Å². The highest BCUT2D eigenvalue weighted by atomic mass is 32.2. The fraction of sp³-hybridized carbons (Fsp3) is 0.273. The second-order valence-corrected chi connectivity index (χ2v) is 3.88. The molecule has 0 atom stereocenters. The molecule has 0 unspecified atom stereocenters. The molecule has 0 saturated carbocycles. The van der Waals surface area contributed by atoms with Gasteiger partial charge in [-0.1, -0.05) is 29.8 Å². The van der Waals surface area contributed by atoms with E-state index in [1.807, 2.05) is 31.2 Å². The number of benzene rings is 1. The van der Waals surface area contributed by atoms with Crippen molar-refractivity contribution in [2.24, 2.45) is 0 Å². The van der Waals surface area contributed by atoms with Gasteiger partial charge in [0.25, 0.3) is 0 Å². The molecule has 0 fully saturated rings. The van der Waals surface area contributed by atoms with E-state index in [1.54, 1.807) is 11.8 Å². The largest absolute Gasteiger partial charge is 0.392 e. The zero-order valence-corrected chi connectivity index (χ0v) is 8.55. The lowest BCUT2D eigenvalue weighted by Crippen LogP contribution is -1.84. The van der Waals surface area contributed by atoms with E-state index < -0.39 is 0 Å². The molecular weight excluding hydrogens is 180 g/mol. The van der Waals surface area contributed by atoms with Crippen LogP contribution in [0.4, 0.5) is 0 Å². The fourth-order valence-electron chi connectivity index (χ4n) is 0.929. The summed E-state index contributed by atoms with van der Waals surface area (Å²) in [5.74, 6) is 0.949. The van der Waals surface area contributed by atoms with E-state index in [1.165, 1.54) is 10.5 Å². The van der Waals surface area contributed by atoms with E-state index in [9.17, 15) is 0 Å². The molecule has 0 aromatic heterocycles. The summed E-state index contributed by atoms with van der Waals surface area (Å²) in [6, 6.07) is 10.3. The Labute approximate surface area is 83.5 Å². The van der Waals surface area contributed by atoms with Gasteiger partial charge in [-0.15, -0.1) is 11.8 Å². The summed E-state index contributed by atoms with van der Waals surface area (Å²) in [7, 11) is 0. The molecule has 0 amide bonds. The molecule has 0 aliphatic carbocycles. The maximum Gasteiger partial charge on any atom is 0.0615 e. The normalized spacial score (nSPS) is 11.7. The predicted octanol–water partition coefficient (Wildman–Crippen LogP) is 2.72. The summed E-state index contributed by atoms with van der Waals surface area (Å²) < 4.78 is 0. The molecule has 0 aliphatic heterocycles. The number of aliphatic hydroxyl groups excluding tert-OH is 1. The number of thioether (sulfide) groups is 1. The Morgan fingerprint density at radius 1 is 1.38 bits per heavy atom. The van der Waals surface area contributed by atoms with Crippen LogP contribution in [0.5, 0.6) is 0 Å². The van der Waals surface area contributed by atoms with Crippen molar-refractivity contribution in [3.05, 3.63) is 42.0 Å². The van der Waals surface area contributed by atoms with Crippen LogP contribution in [0.15, 0.2) is 46.9 Å². The van der Waals surface area contributed by atoms with Gasteiger partial charge in [-0.3, -0.25) is 0 Å². The van der Waals surface area contributed by atoms with Crippen LogP contribution in [0, 0.1) is 0 Å². The van der Waals surface area contributed by atoms with Gasteiger partial charge in [-0.05, 0) is 19.1 Å². The molecule has 0 spiro atoms. The van der Waals surface area contributed by atoms with Crippen molar-refractivity contribution in [2.45, 2.75) is 11.8 Å². The first-order valence-corrected chi connectivity index (χ1v) is 5.26. The highest BCUT2D eigenvalue weighted by Gasteiger charge is 1.92. The summed E-state index contributed by atoms with van der Waals surface area (Å²) in [6.07, 6.45) is 1.84. The summed E-state index contributed by atoms with van der Waals surface area (Å²) >= 11 is 1.79. The maximum atomic E-state index is 8.65. The lowest BCUT2D eigenvalue weighted by Gasteiger charge is -2.00. The number of rotatable bonds is 4. The Morgan fingerprint density at radius 3 is 2.69 bits per heavy atom.